The molecule has 1 aliphatic rings. The standard InChI is InChI=1S/C38H25N3O/c1-2-10-25(11-3-1)38-39-32-15-7-4-14-29(32)37(40-38)24-18-20-26(21-19-24)41-33-16-8-5-12-27(33)30-22-31-28-13-6-9-17-35(28)42-36(31)23-34(30)41/h1-18,20-24H,19H2. The summed E-state index contributed by atoms with van der Waals surface area (Å²) in [5, 5.41) is 5.88. The van der Waals surface area contributed by atoms with Gasteiger partial charge in [0.1, 0.15) is 11.2 Å². The molecule has 0 saturated carbocycles. The molecular weight excluding hydrogens is 514 g/mol. The molecule has 8 aromatic rings. The van der Waals surface area contributed by atoms with E-state index in [4.69, 9.17) is 14.4 Å². The molecule has 0 spiro atoms. The first-order chi connectivity index (χ1) is 20.8. The highest BCUT2D eigenvalue weighted by atomic mass is 16.3. The van der Waals surface area contributed by atoms with Crippen LogP contribution in [0.4, 0.5) is 0 Å². The van der Waals surface area contributed by atoms with E-state index in [0.717, 1.165) is 67.6 Å². The highest BCUT2D eigenvalue weighted by molar-refractivity contribution is 6.17. The molecule has 0 N–H and O–H groups in total. The van der Waals surface area contributed by atoms with E-state index in [0.29, 0.717) is 0 Å². The summed E-state index contributed by atoms with van der Waals surface area (Å²) >= 11 is 0. The molecule has 4 heteroatoms. The van der Waals surface area contributed by atoms with Gasteiger partial charge in [-0.25, -0.2) is 9.97 Å². The number of hydrogen-bond acceptors (Lipinski definition) is 3. The molecule has 0 aliphatic heterocycles. The molecule has 4 nitrogen and oxygen atoms in total. The van der Waals surface area contributed by atoms with Gasteiger partial charge in [-0.1, -0.05) is 97.1 Å². The molecular formula is C38H25N3O. The number of nitrogens with zero attached hydrogens (tertiary/aromatic N) is 3. The van der Waals surface area contributed by atoms with E-state index >= 15 is 0 Å². The summed E-state index contributed by atoms with van der Waals surface area (Å²) in [6, 6.07) is 40.0. The predicted octanol–water partition coefficient (Wildman–Crippen LogP) is 9.89. The quantitative estimate of drug-likeness (QED) is 0.224. The molecule has 42 heavy (non-hydrogen) atoms. The Morgan fingerprint density at radius 3 is 2.24 bits per heavy atom. The number of rotatable bonds is 3. The minimum Gasteiger partial charge on any atom is -0.456 e. The largest absolute Gasteiger partial charge is 0.456 e. The van der Waals surface area contributed by atoms with Crippen LogP contribution in [-0.4, -0.2) is 14.5 Å². The van der Waals surface area contributed by atoms with Crippen LogP contribution in [0.3, 0.4) is 0 Å². The van der Waals surface area contributed by atoms with Gasteiger partial charge in [-0.2, -0.15) is 0 Å². The zero-order valence-electron chi connectivity index (χ0n) is 22.7. The Labute approximate surface area is 241 Å². The van der Waals surface area contributed by atoms with E-state index in [1.807, 2.05) is 36.4 Å². The molecule has 0 fully saturated rings. The van der Waals surface area contributed by atoms with Crippen LogP contribution in [-0.2, 0) is 0 Å². The molecule has 9 rings (SSSR count). The first kappa shape index (κ1) is 23.2. The molecule has 5 aromatic carbocycles. The van der Waals surface area contributed by atoms with Crippen molar-refractivity contribution in [2.75, 3.05) is 0 Å². The van der Waals surface area contributed by atoms with Crippen LogP contribution in [0.2, 0.25) is 0 Å². The minimum absolute atomic E-state index is 0.152. The highest BCUT2D eigenvalue weighted by Gasteiger charge is 2.21. The van der Waals surface area contributed by atoms with Crippen molar-refractivity contribution in [1.82, 2.24) is 14.5 Å². The van der Waals surface area contributed by atoms with Crippen LogP contribution in [0.5, 0.6) is 0 Å². The van der Waals surface area contributed by atoms with Crippen LogP contribution < -0.4 is 0 Å². The summed E-state index contributed by atoms with van der Waals surface area (Å²) in [5.41, 5.74) is 8.40. The third kappa shape index (κ3) is 3.48. The highest BCUT2D eigenvalue weighted by Crippen LogP contribution is 2.40. The van der Waals surface area contributed by atoms with Gasteiger partial charge < -0.3 is 8.98 Å². The molecule has 0 radical (unpaired) electrons. The first-order valence-electron chi connectivity index (χ1n) is 14.4. The third-order valence-corrected chi connectivity index (χ3v) is 8.53. The first-order valence-corrected chi connectivity index (χ1v) is 14.4. The van der Waals surface area contributed by atoms with E-state index < -0.39 is 0 Å². The van der Waals surface area contributed by atoms with Gasteiger partial charge >= 0.3 is 0 Å². The van der Waals surface area contributed by atoms with E-state index in [2.05, 4.69) is 102 Å². The SMILES string of the molecule is C1=CC(c2nc(-c3ccccc3)nc3ccccc23)CC=C1n1c2ccccc2c2cc3c(cc21)oc1ccccc13. The van der Waals surface area contributed by atoms with Crippen molar-refractivity contribution in [3.05, 3.63) is 139 Å². The lowest BCUT2D eigenvalue weighted by Gasteiger charge is -2.20. The van der Waals surface area contributed by atoms with E-state index in [9.17, 15) is 0 Å². The lowest BCUT2D eigenvalue weighted by Crippen LogP contribution is -2.07. The van der Waals surface area contributed by atoms with E-state index in [1.54, 1.807) is 0 Å². The number of allylic oxidation sites excluding steroid dienone is 4. The summed E-state index contributed by atoms with van der Waals surface area (Å²) < 4.78 is 8.67. The van der Waals surface area contributed by atoms with Gasteiger partial charge in [-0.15, -0.1) is 0 Å². The number of para-hydroxylation sites is 3. The van der Waals surface area contributed by atoms with Crippen LogP contribution >= 0.6 is 0 Å². The van der Waals surface area contributed by atoms with Crippen molar-refractivity contribution in [3.63, 3.8) is 0 Å². The maximum absolute atomic E-state index is 6.30. The van der Waals surface area contributed by atoms with Crippen LogP contribution in [0, 0.1) is 0 Å². The zero-order chi connectivity index (χ0) is 27.6. The maximum Gasteiger partial charge on any atom is 0.160 e. The normalized spacial score (nSPS) is 15.3. The number of furan rings is 1. The fourth-order valence-electron chi connectivity index (χ4n) is 6.54. The van der Waals surface area contributed by atoms with Crippen LogP contribution in [0.25, 0.3) is 71.7 Å². The van der Waals surface area contributed by atoms with E-state index in [-0.39, 0.29) is 5.92 Å². The molecule has 0 amide bonds. The van der Waals surface area contributed by atoms with Gasteiger partial charge in [0, 0.05) is 50.2 Å². The fraction of sp³-hybridized carbons (Fsp3) is 0.0526. The molecule has 0 saturated heterocycles. The summed E-state index contributed by atoms with van der Waals surface area (Å²) in [7, 11) is 0. The molecule has 1 unspecified atom stereocenters. The Hall–Kier alpha value is -5.48. The Balaban J connectivity index is 1.18. The van der Waals surface area contributed by atoms with Gasteiger partial charge in [0.15, 0.2) is 5.82 Å². The Bertz CT molecular complexity index is 2390. The monoisotopic (exact) mass is 539 g/mol. The van der Waals surface area contributed by atoms with Gasteiger partial charge in [0.25, 0.3) is 0 Å². The second-order valence-electron chi connectivity index (χ2n) is 11.0. The zero-order valence-corrected chi connectivity index (χ0v) is 22.7. The molecule has 1 aliphatic carbocycles. The van der Waals surface area contributed by atoms with Crippen LogP contribution in [0.15, 0.2) is 138 Å². The van der Waals surface area contributed by atoms with Gasteiger partial charge in [0.05, 0.1) is 22.2 Å². The number of benzene rings is 5. The predicted molar refractivity (Wildman–Crippen MR) is 172 cm³/mol. The molecule has 3 heterocycles. The molecule has 198 valence electrons. The van der Waals surface area contributed by atoms with Crippen LogP contribution in [0.1, 0.15) is 18.0 Å². The average molecular weight is 540 g/mol. The summed E-state index contributed by atoms with van der Waals surface area (Å²) in [4.78, 5) is 10.0. The van der Waals surface area contributed by atoms with Crippen molar-refractivity contribution in [2.24, 2.45) is 0 Å². The second kappa shape index (κ2) is 9.02. The Morgan fingerprint density at radius 1 is 0.619 bits per heavy atom. The second-order valence-corrected chi connectivity index (χ2v) is 11.0. The lowest BCUT2D eigenvalue weighted by molar-refractivity contribution is 0.669. The number of hydrogen-bond donors (Lipinski definition) is 0. The summed E-state index contributed by atoms with van der Waals surface area (Å²) in [6.07, 6.45) is 7.75. The smallest absolute Gasteiger partial charge is 0.160 e. The summed E-state index contributed by atoms with van der Waals surface area (Å²) in [5.74, 6) is 0.920. The van der Waals surface area contributed by atoms with Gasteiger partial charge in [-0.3, -0.25) is 0 Å². The Morgan fingerprint density at radius 2 is 1.38 bits per heavy atom. The lowest BCUT2D eigenvalue weighted by atomic mass is 9.93. The van der Waals surface area contributed by atoms with E-state index in [1.165, 1.54) is 16.3 Å². The third-order valence-electron chi connectivity index (χ3n) is 8.53. The number of fused-ring (bicyclic) bond motifs is 7. The molecule has 3 aromatic heterocycles. The van der Waals surface area contributed by atoms with Crippen molar-refractivity contribution in [1.29, 1.82) is 0 Å². The fourth-order valence-corrected chi connectivity index (χ4v) is 6.54. The molecule has 1 atom stereocenters. The van der Waals surface area contributed by atoms with Crippen molar-refractivity contribution in [3.8, 4) is 11.4 Å². The van der Waals surface area contributed by atoms with Crippen molar-refractivity contribution >= 4 is 60.3 Å². The minimum atomic E-state index is 0.152. The topological polar surface area (TPSA) is 43.9 Å². The molecule has 0 bridgehead atoms. The Kier molecular flexibility index (Phi) is 4.99. The van der Waals surface area contributed by atoms with Crippen molar-refractivity contribution in [2.45, 2.75) is 12.3 Å². The van der Waals surface area contributed by atoms with Gasteiger partial charge in [-0.05, 0) is 36.8 Å². The maximum atomic E-state index is 6.30. The average Bonchev–Trinajstić information content (AvgIpc) is 3.58. The number of aromatic nitrogens is 3. The van der Waals surface area contributed by atoms with Gasteiger partial charge in [0.2, 0.25) is 0 Å². The summed E-state index contributed by atoms with van der Waals surface area (Å²) in [6.45, 7) is 0. The van der Waals surface area contributed by atoms with Crippen molar-refractivity contribution < 1.29 is 4.42 Å².